The fourth-order valence-corrected chi connectivity index (χ4v) is 2.81. The third kappa shape index (κ3) is 4.31. The highest BCUT2D eigenvalue weighted by atomic mass is 19.4. The minimum absolute atomic E-state index is 0.0736. The lowest BCUT2D eigenvalue weighted by molar-refractivity contribution is -0.355. The molecule has 0 saturated carbocycles. The SMILES string of the molecule is Cc1ccc(CNCc2ccc(C3=NOC(O)(C(F)(F)F)C3)cc2)cc1C. The Morgan fingerprint density at radius 1 is 1.04 bits per heavy atom. The van der Waals surface area contributed by atoms with Gasteiger partial charge in [0.1, 0.15) is 0 Å². The molecule has 144 valence electrons. The zero-order valence-corrected chi connectivity index (χ0v) is 15.1. The van der Waals surface area contributed by atoms with Gasteiger partial charge in [-0.2, -0.15) is 13.2 Å². The summed E-state index contributed by atoms with van der Waals surface area (Å²) in [6.07, 6.45) is -5.61. The van der Waals surface area contributed by atoms with Crippen molar-refractivity contribution in [2.24, 2.45) is 5.16 Å². The van der Waals surface area contributed by atoms with E-state index in [1.807, 2.05) is 12.1 Å². The Hall–Kier alpha value is -2.38. The van der Waals surface area contributed by atoms with Crippen LogP contribution in [0.15, 0.2) is 47.6 Å². The zero-order valence-electron chi connectivity index (χ0n) is 15.1. The van der Waals surface area contributed by atoms with E-state index >= 15 is 0 Å². The van der Waals surface area contributed by atoms with Crippen LogP contribution in [0.4, 0.5) is 13.2 Å². The first kappa shape index (κ1) is 19.4. The van der Waals surface area contributed by atoms with Crippen molar-refractivity contribution in [1.29, 1.82) is 0 Å². The quantitative estimate of drug-likeness (QED) is 0.828. The summed E-state index contributed by atoms with van der Waals surface area (Å²) in [5, 5.41) is 16.2. The second-order valence-electron chi connectivity index (χ2n) is 6.81. The molecule has 0 spiro atoms. The number of aliphatic hydroxyl groups is 1. The molecule has 1 unspecified atom stereocenters. The lowest BCUT2D eigenvalue weighted by Gasteiger charge is -2.22. The van der Waals surface area contributed by atoms with Crippen LogP contribution in [0.3, 0.4) is 0 Å². The van der Waals surface area contributed by atoms with Crippen LogP contribution in [0.25, 0.3) is 0 Å². The van der Waals surface area contributed by atoms with Crippen LogP contribution in [-0.2, 0) is 17.9 Å². The average Bonchev–Trinajstić information content (AvgIpc) is 3.02. The van der Waals surface area contributed by atoms with E-state index in [0.717, 1.165) is 12.1 Å². The van der Waals surface area contributed by atoms with E-state index in [2.05, 4.69) is 47.4 Å². The second-order valence-corrected chi connectivity index (χ2v) is 6.81. The number of rotatable bonds is 5. The summed E-state index contributed by atoms with van der Waals surface area (Å²) < 4.78 is 38.3. The van der Waals surface area contributed by atoms with Crippen molar-refractivity contribution in [2.45, 2.75) is 45.3 Å². The molecule has 1 aliphatic heterocycles. The van der Waals surface area contributed by atoms with Gasteiger partial charge in [0, 0.05) is 13.1 Å². The Labute approximate surface area is 155 Å². The van der Waals surface area contributed by atoms with E-state index < -0.39 is 18.4 Å². The van der Waals surface area contributed by atoms with Gasteiger partial charge in [-0.1, -0.05) is 47.6 Å². The molecule has 1 aliphatic rings. The number of halogens is 3. The van der Waals surface area contributed by atoms with E-state index in [1.165, 1.54) is 16.7 Å². The van der Waals surface area contributed by atoms with Crippen LogP contribution < -0.4 is 5.32 Å². The molecule has 1 atom stereocenters. The van der Waals surface area contributed by atoms with Gasteiger partial charge >= 0.3 is 12.0 Å². The lowest BCUT2D eigenvalue weighted by atomic mass is 10.0. The molecule has 4 nitrogen and oxygen atoms in total. The first-order chi connectivity index (χ1) is 12.7. The smallest absolute Gasteiger partial charge is 0.350 e. The molecule has 0 fully saturated rings. The van der Waals surface area contributed by atoms with Crippen LogP contribution in [-0.4, -0.2) is 22.8 Å². The maximum absolute atomic E-state index is 12.8. The van der Waals surface area contributed by atoms with Gasteiger partial charge in [-0.3, -0.25) is 0 Å². The monoisotopic (exact) mass is 378 g/mol. The largest absolute Gasteiger partial charge is 0.458 e. The predicted octanol–water partition coefficient (Wildman–Crippen LogP) is 3.97. The van der Waals surface area contributed by atoms with E-state index in [4.69, 9.17) is 0 Å². The number of nitrogens with one attached hydrogen (secondary N) is 1. The summed E-state index contributed by atoms with van der Waals surface area (Å²) in [5.74, 6) is -3.24. The second kappa shape index (κ2) is 7.32. The topological polar surface area (TPSA) is 53.9 Å². The van der Waals surface area contributed by atoms with Crippen LogP contribution in [0.2, 0.25) is 0 Å². The number of benzene rings is 2. The van der Waals surface area contributed by atoms with E-state index in [1.54, 1.807) is 12.1 Å². The van der Waals surface area contributed by atoms with Crippen molar-refractivity contribution in [3.63, 3.8) is 0 Å². The molecule has 2 N–H and O–H groups in total. The zero-order chi connectivity index (χ0) is 19.7. The molecule has 0 aromatic heterocycles. The first-order valence-corrected chi connectivity index (χ1v) is 8.58. The van der Waals surface area contributed by atoms with Crippen molar-refractivity contribution in [3.05, 3.63) is 70.3 Å². The number of hydrogen-bond acceptors (Lipinski definition) is 4. The fourth-order valence-electron chi connectivity index (χ4n) is 2.81. The average molecular weight is 378 g/mol. The molecule has 2 aromatic carbocycles. The number of hydrogen-bond donors (Lipinski definition) is 2. The Morgan fingerprint density at radius 3 is 2.26 bits per heavy atom. The third-order valence-electron chi connectivity index (χ3n) is 4.67. The Balaban J connectivity index is 1.56. The van der Waals surface area contributed by atoms with Crippen LogP contribution in [0.1, 0.15) is 34.2 Å². The minimum atomic E-state index is -4.89. The van der Waals surface area contributed by atoms with Crippen molar-refractivity contribution in [2.75, 3.05) is 0 Å². The lowest BCUT2D eigenvalue weighted by Crippen LogP contribution is -2.45. The molecule has 1 heterocycles. The van der Waals surface area contributed by atoms with Gasteiger partial charge in [-0.25, -0.2) is 0 Å². The molecular weight excluding hydrogens is 357 g/mol. The van der Waals surface area contributed by atoms with Gasteiger partial charge in [0.25, 0.3) is 0 Å². The molecular formula is C20H21F3N2O2. The highest BCUT2D eigenvalue weighted by Crippen LogP contribution is 2.38. The van der Waals surface area contributed by atoms with Gasteiger partial charge in [-0.15, -0.1) is 0 Å². The number of aryl methyl sites for hydroxylation is 2. The summed E-state index contributed by atoms with van der Waals surface area (Å²) >= 11 is 0. The molecule has 3 rings (SSSR count). The molecule has 7 heteroatoms. The normalized spacial score (nSPS) is 19.7. The molecule has 2 aromatic rings. The van der Waals surface area contributed by atoms with Crippen molar-refractivity contribution in [1.82, 2.24) is 5.32 Å². The molecule has 0 bridgehead atoms. The van der Waals surface area contributed by atoms with Gasteiger partial charge in [0.05, 0.1) is 12.1 Å². The standard InChI is InChI=1S/C20H21F3N2O2/c1-13-3-4-16(9-14(13)2)12-24-11-15-5-7-17(8-6-15)18-10-19(26,27-25-18)20(21,22)23/h3-9,24,26H,10-12H2,1-2H3. The molecule has 0 amide bonds. The van der Waals surface area contributed by atoms with Crippen LogP contribution in [0, 0.1) is 13.8 Å². The fraction of sp³-hybridized carbons (Fsp3) is 0.350. The number of alkyl halides is 3. The molecule has 0 saturated heterocycles. The Kier molecular flexibility index (Phi) is 5.26. The van der Waals surface area contributed by atoms with Crippen molar-refractivity contribution >= 4 is 5.71 Å². The first-order valence-electron chi connectivity index (χ1n) is 8.58. The molecule has 0 aliphatic carbocycles. The molecule has 0 radical (unpaired) electrons. The Morgan fingerprint density at radius 2 is 1.67 bits per heavy atom. The summed E-state index contributed by atoms with van der Waals surface area (Å²) in [7, 11) is 0. The summed E-state index contributed by atoms with van der Waals surface area (Å²) in [6, 6.07) is 13.3. The van der Waals surface area contributed by atoms with E-state index in [-0.39, 0.29) is 5.71 Å². The molecule has 27 heavy (non-hydrogen) atoms. The van der Waals surface area contributed by atoms with Crippen molar-refractivity contribution < 1.29 is 23.1 Å². The predicted molar refractivity (Wildman–Crippen MR) is 96.1 cm³/mol. The van der Waals surface area contributed by atoms with Gasteiger partial charge in [0.2, 0.25) is 0 Å². The number of nitrogens with zero attached hydrogens (tertiary/aromatic N) is 1. The summed E-state index contributed by atoms with van der Waals surface area (Å²) in [4.78, 5) is 4.24. The van der Waals surface area contributed by atoms with Gasteiger partial charge < -0.3 is 15.3 Å². The maximum atomic E-state index is 12.8. The van der Waals surface area contributed by atoms with Crippen LogP contribution in [0.5, 0.6) is 0 Å². The number of oxime groups is 1. The highest BCUT2D eigenvalue weighted by Gasteiger charge is 2.60. The van der Waals surface area contributed by atoms with Crippen LogP contribution >= 0.6 is 0 Å². The Bertz CT molecular complexity index is 847. The van der Waals surface area contributed by atoms with Gasteiger partial charge in [0.15, 0.2) is 0 Å². The minimum Gasteiger partial charge on any atom is -0.350 e. The highest BCUT2D eigenvalue weighted by molar-refractivity contribution is 6.01. The third-order valence-corrected chi connectivity index (χ3v) is 4.67. The van der Waals surface area contributed by atoms with E-state index in [0.29, 0.717) is 12.1 Å². The van der Waals surface area contributed by atoms with Gasteiger partial charge in [-0.05, 0) is 41.7 Å². The summed E-state index contributed by atoms with van der Waals surface area (Å²) in [6.45, 7) is 5.50. The summed E-state index contributed by atoms with van der Waals surface area (Å²) in [5.41, 5.74) is 5.26. The maximum Gasteiger partial charge on any atom is 0.458 e. The van der Waals surface area contributed by atoms with Crippen molar-refractivity contribution in [3.8, 4) is 0 Å². The van der Waals surface area contributed by atoms with E-state index in [9.17, 15) is 18.3 Å².